The number of rotatable bonds is 5. The van der Waals surface area contributed by atoms with E-state index in [1.165, 1.54) is 39.6 Å². The zero-order valence-corrected chi connectivity index (χ0v) is 25.3. The van der Waals surface area contributed by atoms with E-state index in [1.807, 2.05) is 42.2 Å². The third-order valence-corrected chi connectivity index (χ3v) is 7.96. The van der Waals surface area contributed by atoms with Crippen LogP contribution >= 0.6 is 0 Å². The van der Waals surface area contributed by atoms with Gasteiger partial charge >= 0.3 is 0 Å². The fourth-order valence-corrected chi connectivity index (χ4v) is 5.45. The molecule has 1 aliphatic heterocycles. The van der Waals surface area contributed by atoms with Crippen molar-refractivity contribution in [1.82, 2.24) is 14.9 Å². The van der Waals surface area contributed by atoms with E-state index in [0.717, 1.165) is 36.2 Å². The maximum absolute atomic E-state index is 13.3. The van der Waals surface area contributed by atoms with Gasteiger partial charge in [0.15, 0.2) is 0 Å². The maximum Gasteiger partial charge on any atom is 0.256 e. The van der Waals surface area contributed by atoms with Crippen LogP contribution in [-0.4, -0.2) is 33.5 Å². The molecule has 216 valence electrons. The monoisotopic (exact) mass is 558 g/mol. The van der Waals surface area contributed by atoms with E-state index in [4.69, 9.17) is 5.41 Å². The Labute approximate surface area is 250 Å². The number of aromatic nitrogens is 2. The third kappa shape index (κ3) is 7.41. The second kappa shape index (κ2) is 14.4. The van der Waals surface area contributed by atoms with Crippen LogP contribution in [0.25, 0.3) is 12.2 Å². The fraction of sp³-hybridized carbons (Fsp3) is 0.270. The van der Waals surface area contributed by atoms with Gasteiger partial charge in [0.2, 0.25) is 0 Å². The van der Waals surface area contributed by atoms with Crippen LogP contribution in [0, 0.1) is 11.3 Å². The van der Waals surface area contributed by atoms with Crippen LogP contribution in [0.3, 0.4) is 0 Å². The van der Waals surface area contributed by atoms with Crippen molar-refractivity contribution in [2.24, 2.45) is 5.92 Å². The van der Waals surface area contributed by atoms with Crippen molar-refractivity contribution >= 4 is 24.3 Å². The van der Waals surface area contributed by atoms with Crippen molar-refractivity contribution in [1.29, 1.82) is 5.41 Å². The molecular weight excluding hydrogens is 516 g/mol. The number of fused-ring (bicyclic) bond motifs is 1. The molecule has 1 unspecified atom stereocenters. The Morgan fingerprint density at radius 1 is 1.17 bits per heavy atom. The normalized spacial score (nSPS) is 19.6. The quantitative estimate of drug-likeness (QED) is 0.286. The van der Waals surface area contributed by atoms with Gasteiger partial charge in [-0.25, -0.2) is 4.98 Å². The molecule has 0 saturated carbocycles. The number of benzene rings is 1. The molecule has 1 aromatic carbocycles. The first-order valence-electron chi connectivity index (χ1n) is 14.7. The van der Waals surface area contributed by atoms with Crippen molar-refractivity contribution in [3.05, 3.63) is 136 Å². The van der Waals surface area contributed by atoms with Crippen LogP contribution in [-0.2, 0) is 17.8 Å². The van der Waals surface area contributed by atoms with Gasteiger partial charge < -0.3 is 15.3 Å². The smallest absolute Gasteiger partial charge is 0.256 e. The largest absolute Gasteiger partial charge is 0.347 e. The Kier molecular flexibility index (Phi) is 10.4. The summed E-state index contributed by atoms with van der Waals surface area (Å²) < 4.78 is 0. The molecule has 1 atom stereocenters. The maximum atomic E-state index is 13.3. The predicted octanol–water partition coefficient (Wildman–Crippen LogP) is 8.35. The zero-order chi connectivity index (χ0) is 30.1. The molecule has 42 heavy (non-hydrogen) atoms. The molecule has 0 spiro atoms. The SMILES string of the molecule is C=Cc1ccccc1/C=C\C.CC1=C(C)CC(C2=CC(C)C/C(=C(\C=N)C(=O)N3CCc4nc[nH]c4C3)C=C2)=CC=C1. The number of nitrogens with one attached hydrogen (secondary N) is 2. The lowest BCUT2D eigenvalue weighted by atomic mass is 9.94. The number of nitrogens with zero attached hydrogens (tertiary/aromatic N) is 2. The van der Waals surface area contributed by atoms with E-state index in [1.54, 1.807) is 6.33 Å². The van der Waals surface area contributed by atoms with Gasteiger partial charge in [-0.1, -0.05) is 104 Å². The molecule has 3 aliphatic rings. The van der Waals surface area contributed by atoms with Gasteiger partial charge in [0.05, 0.1) is 29.8 Å². The second-order valence-corrected chi connectivity index (χ2v) is 11.0. The molecule has 5 heteroatoms. The van der Waals surface area contributed by atoms with E-state index in [9.17, 15) is 4.79 Å². The lowest BCUT2D eigenvalue weighted by Gasteiger charge is -2.27. The Morgan fingerprint density at radius 3 is 2.69 bits per heavy atom. The number of amides is 1. The number of aromatic amines is 1. The molecule has 1 amide bonds. The molecule has 1 aromatic heterocycles. The molecule has 2 aromatic rings. The molecule has 2 heterocycles. The van der Waals surface area contributed by atoms with Gasteiger partial charge in [0.1, 0.15) is 0 Å². The Bertz CT molecular complexity index is 1550. The van der Waals surface area contributed by atoms with Crippen molar-refractivity contribution in [3.63, 3.8) is 0 Å². The number of allylic oxidation sites excluding steroid dienone is 12. The molecule has 0 saturated heterocycles. The van der Waals surface area contributed by atoms with Crippen molar-refractivity contribution in [2.45, 2.75) is 53.5 Å². The van der Waals surface area contributed by atoms with Crippen LogP contribution in [0.4, 0.5) is 0 Å². The minimum Gasteiger partial charge on any atom is -0.347 e. The summed E-state index contributed by atoms with van der Waals surface area (Å²) in [7, 11) is 0. The summed E-state index contributed by atoms with van der Waals surface area (Å²) in [5.74, 6) is 0.207. The van der Waals surface area contributed by atoms with Crippen molar-refractivity contribution in [2.75, 3.05) is 6.54 Å². The summed E-state index contributed by atoms with van der Waals surface area (Å²) in [6.07, 6.45) is 24.2. The Morgan fingerprint density at radius 2 is 1.95 bits per heavy atom. The van der Waals surface area contributed by atoms with Crippen LogP contribution < -0.4 is 0 Å². The molecule has 2 N–H and O–H groups in total. The fourth-order valence-electron chi connectivity index (χ4n) is 5.45. The third-order valence-electron chi connectivity index (χ3n) is 7.96. The van der Waals surface area contributed by atoms with E-state index < -0.39 is 0 Å². The Hall–Kier alpha value is -4.51. The first kappa shape index (κ1) is 30.4. The number of H-pyrrole nitrogens is 1. The van der Waals surface area contributed by atoms with Gasteiger partial charge in [-0.2, -0.15) is 0 Å². The number of carbonyl (C=O) groups is 1. The summed E-state index contributed by atoms with van der Waals surface area (Å²) >= 11 is 0. The van der Waals surface area contributed by atoms with E-state index in [2.05, 4.69) is 85.9 Å². The van der Waals surface area contributed by atoms with Crippen LogP contribution in [0.1, 0.15) is 63.1 Å². The highest BCUT2D eigenvalue weighted by Gasteiger charge is 2.26. The average molecular weight is 559 g/mol. The summed E-state index contributed by atoms with van der Waals surface area (Å²) in [5, 5.41) is 7.99. The average Bonchev–Trinajstić information content (AvgIpc) is 3.30. The molecule has 0 radical (unpaired) electrons. The Balaban J connectivity index is 0.000000310. The van der Waals surface area contributed by atoms with Gasteiger partial charge in [-0.15, -0.1) is 0 Å². The number of carbonyl (C=O) groups excluding carboxylic acids is 1. The molecule has 5 rings (SSSR count). The number of imidazole rings is 1. The topological polar surface area (TPSA) is 72.8 Å². The molecule has 0 fully saturated rings. The van der Waals surface area contributed by atoms with Gasteiger partial charge in [-0.3, -0.25) is 4.79 Å². The van der Waals surface area contributed by atoms with Crippen molar-refractivity contribution < 1.29 is 4.79 Å². The summed E-state index contributed by atoms with van der Waals surface area (Å²) in [6, 6.07) is 8.19. The first-order valence-corrected chi connectivity index (χ1v) is 14.7. The highest BCUT2D eigenvalue weighted by atomic mass is 16.2. The number of hydrogen-bond donors (Lipinski definition) is 2. The van der Waals surface area contributed by atoms with E-state index in [-0.39, 0.29) is 11.8 Å². The summed E-state index contributed by atoms with van der Waals surface area (Å²) in [6.45, 7) is 13.4. The highest BCUT2D eigenvalue weighted by Crippen LogP contribution is 2.31. The van der Waals surface area contributed by atoms with Crippen LogP contribution in [0.5, 0.6) is 0 Å². The van der Waals surface area contributed by atoms with Crippen LogP contribution in [0.15, 0.2) is 113 Å². The van der Waals surface area contributed by atoms with E-state index in [0.29, 0.717) is 18.7 Å². The summed E-state index contributed by atoms with van der Waals surface area (Å²) in [4.78, 5) is 22.6. The highest BCUT2D eigenvalue weighted by molar-refractivity contribution is 6.12. The second-order valence-electron chi connectivity index (χ2n) is 11.0. The lowest BCUT2D eigenvalue weighted by molar-refractivity contribution is -0.127. The summed E-state index contributed by atoms with van der Waals surface area (Å²) in [5.41, 5.74) is 11.1. The minimum absolute atomic E-state index is 0.0726. The zero-order valence-electron chi connectivity index (χ0n) is 25.3. The number of hydrogen-bond acceptors (Lipinski definition) is 3. The standard InChI is InChI=1S/C26H30N4O.C11H12/c1-17-11-21(20-6-4-5-18(2)19(3)13-20)7-8-22(12-17)23(14-27)26(31)30-10-9-24-25(15-30)29-16-28-24;1-3-7-11-9-6-5-8-10(11)4-2/h4-8,11,14,16-17,27H,9-10,12-13,15H2,1-3H3,(H,28,29);3-9H,2H2,1H3/b23-22+,27-14?;7-3-. The molecule has 5 nitrogen and oxygen atoms in total. The molecular formula is C37H42N4O. The van der Waals surface area contributed by atoms with Gasteiger partial charge in [0, 0.05) is 19.2 Å². The van der Waals surface area contributed by atoms with E-state index >= 15 is 0 Å². The van der Waals surface area contributed by atoms with Gasteiger partial charge in [-0.05, 0) is 67.4 Å². The molecule has 0 bridgehead atoms. The minimum atomic E-state index is -0.0726. The predicted molar refractivity (Wildman–Crippen MR) is 176 cm³/mol. The lowest BCUT2D eigenvalue weighted by Crippen LogP contribution is -2.37. The van der Waals surface area contributed by atoms with Crippen molar-refractivity contribution in [3.8, 4) is 0 Å². The van der Waals surface area contributed by atoms with Crippen LogP contribution in [0.2, 0.25) is 0 Å². The first-order chi connectivity index (χ1) is 20.3. The molecule has 2 aliphatic carbocycles. The van der Waals surface area contributed by atoms with Gasteiger partial charge in [0.25, 0.3) is 5.91 Å².